The normalized spacial score (nSPS) is 18.1. The summed E-state index contributed by atoms with van der Waals surface area (Å²) < 4.78 is 28.4. The van der Waals surface area contributed by atoms with Gasteiger partial charge in [0.1, 0.15) is 29.6 Å². The molecule has 0 saturated carbocycles. The molecule has 3 heterocycles. The highest BCUT2D eigenvalue weighted by molar-refractivity contribution is 5.89. The summed E-state index contributed by atoms with van der Waals surface area (Å²) in [6.07, 6.45) is 2.35. The second-order valence-corrected chi connectivity index (χ2v) is 8.27. The van der Waals surface area contributed by atoms with Crippen molar-refractivity contribution in [2.24, 2.45) is 0 Å². The SMILES string of the molecule is COC(=O)c1ccc(Oc2c(C)oc3c4c(ccc3c2=O)OCN(C[C@@H]2CCCO2)C4)cc1. The summed E-state index contributed by atoms with van der Waals surface area (Å²) in [6.45, 7) is 4.38. The molecule has 1 fully saturated rings. The first-order chi connectivity index (χ1) is 16.0. The fraction of sp³-hybridized carbons (Fsp3) is 0.360. The van der Waals surface area contributed by atoms with E-state index < -0.39 is 5.97 Å². The molecule has 0 N–H and O–H groups in total. The summed E-state index contributed by atoms with van der Waals surface area (Å²) in [5.74, 6) is 1.18. The van der Waals surface area contributed by atoms with Crippen molar-refractivity contribution < 1.29 is 28.2 Å². The number of fused-ring (bicyclic) bond motifs is 3. The molecule has 8 heteroatoms. The van der Waals surface area contributed by atoms with Gasteiger partial charge >= 0.3 is 5.97 Å². The second kappa shape index (κ2) is 8.88. The van der Waals surface area contributed by atoms with Gasteiger partial charge < -0.3 is 23.4 Å². The minimum absolute atomic E-state index is 0.112. The second-order valence-electron chi connectivity index (χ2n) is 8.27. The van der Waals surface area contributed by atoms with E-state index >= 15 is 0 Å². The van der Waals surface area contributed by atoms with Crippen LogP contribution in [0, 0.1) is 6.92 Å². The molecular formula is C25H25NO7. The Bertz CT molecular complexity index is 1240. The van der Waals surface area contributed by atoms with Gasteiger partial charge in [0, 0.05) is 19.7 Å². The van der Waals surface area contributed by atoms with Gasteiger partial charge in [0.15, 0.2) is 0 Å². The van der Waals surface area contributed by atoms with Gasteiger partial charge in [0.25, 0.3) is 0 Å². The Kier molecular flexibility index (Phi) is 5.78. The molecule has 5 rings (SSSR count). The first-order valence-electron chi connectivity index (χ1n) is 11.0. The summed E-state index contributed by atoms with van der Waals surface area (Å²) in [6, 6.07) is 9.90. The number of rotatable bonds is 5. The van der Waals surface area contributed by atoms with Crippen LogP contribution in [0.15, 0.2) is 45.6 Å². The minimum atomic E-state index is -0.441. The Morgan fingerprint density at radius 3 is 2.73 bits per heavy atom. The van der Waals surface area contributed by atoms with Gasteiger partial charge in [0.05, 0.1) is 29.7 Å². The van der Waals surface area contributed by atoms with Gasteiger partial charge in [0.2, 0.25) is 11.2 Å². The van der Waals surface area contributed by atoms with Crippen LogP contribution in [-0.2, 0) is 16.0 Å². The van der Waals surface area contributed by atoms with Crippen LogP contribution in [0.25, 0.3) is 11.0 Å². The number of hydrogen-bond acceptors (Lipinski definition) is 8. The molecule has 0 bridgehead atoms. The standard InChI is InChI=1S/C25H25NO7/c1-15-23(33-17-7-5-16(6-8-17)25(28)29-2)22(27)19-9-10-21-20(24(19)32-15)13-26(14-31-21)12-18-4-3-11-30-18/h5-10,18H,3-4,11-14H2,1-2H3/t18-/m0/s1. The number of carbonyl (C=O) groups is 1. The van der Waals surface area contributed by atoms with Crippen LogP contribution in [-0.4, -0.2) is 44.0 Å². The van der Waals surface area contributed by atoms with E-state index in [1.807, 2.05) is 6.07 Å². The molecule has 33 heavy (non-hydrogen) atoms. The van der Waals surface area contributed by atoms with E-state index in [0.717, 1.165) is 37.3 Å². The average molecular weight is 451 g/mol. The molecule has 0 spiro atoms. The van der Waals surface area contributed by atoms with E-state index in [-0.39, 0.29) is 17.3 Å². The largest absolute Gasteiger partial charge is 0.478 e. The van der Waals surface area contributed by atoms with Crippen molar-refractivity contribution in [1.29, 1.82) is 0 Å². The summed E-state index contributed by atoms with van der Waals surface area (Å²) in [5, 5.41) is 0.433. The number of methoxy groups -OCH3 is 1. The monoisotopic (exact) mass is 451 g/mol. The average Bonchev–Trinajstić information content (AvgIpc) is 3.34. The first kappa shape index (κ1) is 21.5. The summed E-state index contributed by atoms with van der Waals surface area (Å²) in [4.78, 5) is 27.1. The van der Waals surface area contributed by atoms with Crippen LogP contribution >= 0.6 is 0 Å². The van der Waals surface area contributed by atoms with E-state index in [9.17, 15) is 9.59 Å². The number of carbonyl (C=O) groups excluding carboxylic acids is 1. The third kappa shape index (κ3) is 4.19. The van der Waals surface area contributed by atoms with Gasteiger partial charge in [-0.3, -0.25) is 9.69 Å². The molecule has 0 aliphatic carbocycles. The number of ether oxygens (including phenoxy) is 4. The zero-order valence-corrected chi connectivity index (χ0v) is 18.6. The lowest BCUT2D eigenvalue weighted by Gasteiger charge is -2.30. The highest BCUT2D eigenvalue weighted by Gasteiger charge is 2.27. The molecule has 2 aliphatic rings. The molecule has 2 aromatic carbocycles. The predicted molar refractivity (Wildman–Crippen MR) is 120 cm³/mol. The predicted octanol–water partition coefficient (Wildman–Crippen LogP) is 4.01. The van der Waals surface area contributed by atoms with Crippen molar-refractivity contribution in [2.45, 2.75) is 32.4 Å². The third-order valence-corrected chi connectivity index (χ3v) is 6.01. The molecule has 8 nitrogen and oxygen atoms in total. The molecule has 1 saturated heterocycles. The van der Waals surface area contributed by atoms with Crippen LogP contribution in [0.2, 0.25) is 0 Å². The zero-order chi connectivity index (χ0) is 22.9. The van der Waals surface area contributed by atoms with Crippen LogP contribution in [0.4, 0.5) is 0 Å². The van der Waals surface area contributed by atoms with E-state index in [0.29, 0.717) is 41.3 Å². The fourth-order valence-corrected chi connectivity index (χ4v) is 4.31. The Labute approximate surface area is 190 Å². The van der Waals surface area contributed by atoms with Crippen LogP contribution in [0.3, 0.4) is 0 Å². The molecule has 0 unspecified atom stereocenters. The van der Waals surface area contributed by atoms with Crippen molar-refractivity contribution >= 4 is 16.9 Å². The molecule has 0 radical (unpaired) electrons. The van der Waals surface area contributed by atoms with Crippen molar-refractivity contribution in [2.75, 3.05) is 27.0 Å². The van der Waals surface area contributed by atoms with Crippen molar-refractivity contribution in [3.8, 4) is 17.2 Å². The third-order valence-electron chi connectivity index (χ3n) is 6.01. The Morgan fingerprint density at radius 2 is 2.00 bits per heavy atom. The maximum atomic E-state index is 13.3. The zero-order valence-electron chi connectivity index (χ0n) is 18.6. The molecular weight excluding hydrogens is 426 g/mol. The summed E-state index contributed by atoms with van der Waals surface area (Å²) in [7, 11) is 1.32. The van der Waals surface area contributed by atoms with Crippen molar-refractivity contribution in [1.82, 2.24) is 4.90 Å². The van der Waals surface area contributed by atoms with Crippen LogP contribution in [0.1, 0.15) is 34.5 Å². The van der Waals surface area contributed by atoms with E-state index in [2.05, 4.69) is 4.90 Å². The molecule has 1 atom stereocenters. The lowest BCUT2D eigenvalue weighted by atomic mass is 10.1. The summed E-state index contributed by atoms with van der Waals surface area (Å²) in [5.41, 5.74) is 1.50. The van der Waals surface area contributed by atoms with E-state index in [1.54, 1.807) is 37.3 Å². The fourth-order valence-electron chi connectivity index (χ4n) is 4.31. The van der Waals surface area contributed by atoms with Gasteiger partial charge in [-0.15, -0.1) is 0 Å². The molecule has 1 aromatic heterocycles. The number of aryl methyl sites for hydroxylation is 1. The van der Waals surface area contributed by atoms with Crippen molar-refractivity contribution in [3.05, 3.63) is 63.5 Å². The number of nitrogens with zero attached hydrogens (tertiary/aromatic N) is 1. The Morgan fingerprint density at radius 1 is 1.18 bits per heavy atom. The Hall–Kier alpha value is -3.36. The van der Waals surface area contributed by atoms with Crippen LogP contribution in [0.5, 0.6) is 17.2 Å². The van der Waals surface area contributed by atoms with E-state index in [1.165, 1.54) is 7.11 Å². The van der Waals surface area contributed by atoms with Crippen LogP contribution < -0.4 is 14.9 Å². The van der Waals surface area contributed by atoms with Gasteiger partial charge in [-0.1, -0.05) is 0 Å². The molecule has 3 aromatic rings. The lowest BCUT2D eigenvalue weighted by molar-refractivity contribution is 0.0281. The quantitative estimate of drug-likeness (QED) is 0.538. The van der Waals surface area contributed by atoms with E-state index in [4.69, 9.17) is 23.4 Å². The molecule has 172 valence electrons. The molecule has 0 amide bonds. The number of hydrogen-bond donors (Lipinski definition) is 0. The lowest BCUT2D eigenvalue weighted by Crippen LogP contribution is -2.37. The first-order valence-corrected chi connectivity index (χ1v) is 11.0. The highest BCUT2D eigenvalue weighted by Crippen LogP contribution is 2.34. The molecule has 2 aliphatic heterocycles. The topological polar surface area (TPSA) is 87.4 Å². The number of esters is 1. The van der Waals surface area contributed by atoms with Gasteiger partial charge in [-0.25, -0.2) is 4.79 Å². The maximum absolute atomic E-state index is 13.3. The summed E-state index contributed by atoms with van der Waals surface area (Å²) >= 11 is 0. The highest BCUT2D eigenvalue weighted by atomic mass is 16.5. The number of benzene rings is 2. The Balaban J connectivity index is 1.44. The maximum Gasteiger partial charge on any atom is 0.337 e. The van der Waals surface area contributed by atoms with Crippen molar-refractivity contribution in [3.63, 3.8) is 0 Å². The minimum Gasteiger partial charge on any atom is -0.478 e. The smallest absolute Gasteiger partial charge is 0.337 e. The van der Waals surface area contributed by atoms with Gasteiger partial charge in [-0.2, -0.15) is 0 Å². The van der Waals surface area contributed by atoms with Gasteiger partial charge in [-0.05, 0) is 56.2 Å².